The van der Waals surface area contributed by atoms with Crippen molar-refractivity contribution >= 4 is 39.1 Å². The Morgan fingerprint density at radius 3 is 2.63 bits per heavy atom. The Kier molecular flexibility index (Phi) is 5.11. The Morgan fingerprint density at radius 2 is 1.95 bits per heavy atom. The third-order valence-corrected chi connectivity index (χ3v) is 3.57. The molecule has 5 heteroatoms. The molecule has 19 heavy (non-hydrogen) atoms. The van der Waals surface area contributed by atoms with Crippen LogP contribution in [-0.4, -0.2) is 0 Å². The lowest BCUT2D eigenvalue weighted by Gasteiger charge is -2.13. The number of hydrogen-bond acceptors (Lipinski definition) is 2. The van der Waals surface area contributed by atoms with Crippen LogP contribution < -0.4 is 10.5 Å². The molecule has 0 saturated carbocycles. The van der Waals surface area contributed by atoms with Crippen LogP contribution >= 0.6 is 39.1 Å². The van der Waals surface area contributed by atoms with Gasteiger partial charge in [-0.25, -0.2) is 0 Å². The van der Waals surface area contributed by atoms with Gasteiger partial charge >= 0.3 is 0 Å². The highest BCUT2D eigenvalue weighted by Gasteiger charge is 2.10. The molecule has 0 aliphatic rings. The van der Waals surface area contributed by atoms with Crippen LogP contribution in [0.1, 0.15) is 11.1 Å². The van der Waals surface area contributed by atoms with Gasteiger partial charge in [0.05, 0.1) is 5.02 Å². The predicted octanol–water partition coefficient (Wildman–Crippen LogP) is 4.79. The second-order valence-electron chi connectivity index (χ2n) is 4.00. The second-order valence-corrected chi connectivity index (χ2v) is 5.76. The lowest BCUT2D eigenvalue weighted by Crippen LogP contribution is -2.03. The third-order valence-electron chi connectivity index (χ3n) is 2.58. The summed E-state index contributed by atoms with van der Waals surface area (Å²) < 4.78 is 6.77. The van der Waals surface area contributed by atoms with E-state index < -0.39 is 0 Å². The fourth-order valence-electron chi connectivity index (χ4n) is 1.71. The van der Waals surface area contributed by atoms with E-state index in [-0.39, 0.29) is 0 Å². The number of hydrogen-bond donors (Lipinski definition) is 1. The number of rotatable bonds is 4. The summed E-state index contributed by atoms with van der Waals surface area (Å²) in [5, 5.41) is 1.03. The maximum Gasteiger partial charge on any atom is 0.142 e. The number of halogens is 3. The van der Waals surface area contributed by atoms with E-state index in [1.165, 1.54) is 0 Å². The van der Waals surface area contributed by atoms with Gasteiger partial charge < -0.3 is 10.5 Å². The van der Waals surface area contributed by atoms with Crippen molar-refractivity contribution in [2.75, 3.05) is 0 Å². The number of nitrogens with two attached hydrogens (primary N) is 1. The van der Waals surface area contributed by atoms with Gasteiger partial charge in [-0.2, -0.15) is 0 Å². The molecule has 0 spiro atoms. The zero-order valence-corrected chi connectivity index (χ0v) is 13.1. The predicted molar refractivity (Wildman–Crippen MR) is 82.8 cm³/mol. The zero-order valence-electron chi connectivity index (χ0n) is 10.00. The van der Waals surface area contributed by atoms with E-state index in [9.17, 15) is 0 Å². The van der Waals surface area contributed by atoms with Crippen LogP contribution in [0.3, 0.4) is 0 Å². The van der Waals surface area contributed by atoms with Gasteiger partial charge in [-0.3, -0.25) is 0 Å². The molecule has 0 heterocycles. The van der Waals surface area contributed by atoms with Gasteiger partial charge in [-0.05, 0) is 29.8 Å². The molecule has 0 aromatic heterocycles. The van der Waals surface area contributed by atoms with E-state index in [1.807, 2.05) is 24.3 Å². The lowest BCUT2D eigenvalue weighted by molar-refractivity contribution is 0.303. The van der Waals surface area contributed by atoms with Crippen LogP contribution in [0.25, 0.3) is 0 Å². The SMILES string of the molecule is NCc1cc(Cl)cc(Cl)c1OCc1cccc(Br)c1. The van der Waals surface area contributed by atoms with Crippen molar-refractivity contribution in [2.24, 2.45) is 5.73 Å². The maximum absolute atomic E-state index is 6.14. The van der Waals surface area contributed by atoms with Gasteiger partial charge in [-0.1, -0.05) is 51.3 Å². The molecule has 0 atom stereocenters. The summed E-state index contributed by atoms with van der Waals surface area (Å²) >= 11 is 15.5. The minimum absolute atomic E-state index is 0.327. The van der Waals surface area contributed by atoms with Crippen molar-refractivity contribution in [3.05, 3.63) is 62.0 Å². The van der Waals surface area contributed by atoms with E-state index >= 15 is 0 Å². The number of benzene rings is 2. The first-order valence-corrected chi connectivity index (χ1v) is 7.20. The Hall–Kier alpha value is -0.740. The molecule has 100 valence electrons. The van der Waals surface area contributed by atoms with Gasteiger partial charge in [0.2, 0.25) is 0 Å². The summed E-state index contributed by atoms with van der Waals surface area (Å²) in [6, 6.07) is 11.3. The summed E-state index contributed by atoms with van der Waals surface area (Å²) in [5.41, 5.74) is 7.52. The highest BCUT2D eigenvalue weighted by Crippen LogP contribution is 2.32. The molecule has 2 aromatic rings. The van der Waals surface area contributed by atoms with Crippen LogP contribution in [0.2, 0.25) is 10.0 Å². The van der Waals surface area contributed by atoms with Gasteiger partial charge in [0.1, 0.15) is 12.4 Å². The molecular formula is C14H12BrCl2NO. The average Bonchev–Trinajstić information content (AvgIpc) is 2.37. The van der Waals surface area contributed by atoms with E-state index in [0.717, 1.165) is 15.6 Å². The van der Waals surface area contributed by atoms with Gasteiger partial charge in [-0.15, -0.1) is 0 Å². The van der Waals surface area contributed by atoms with Crippen molar-refractivity contribution in [2.45, 2.75) is 13.2 Å². The summed E-state index contributed by atoms with van der Waals surface area (Å²) in [4.78, 5) is 0. The molecule has 2 rings (SSSR count). The van der Waals surface area contributed by atoms with E-state index in [0.29, 0.717) is 28.9 Å². The summed E-state index contributed by atoms with van der Waals surface area (Å²) in [6.07, 6.45) is 0. The Morgan fingerprint density at radius 1 is 1.16 bits per heavy atom. The highest BCUT2D eigenvalue weighted by molar-refractivity contribution is 9.10. The lowest BCUT2D eigenvalue weighted by atomic mass is 10.2. The summed E-state index contributed by atoms with van der Waals surface area (Å²) in [5.74, 6) is 0.591. The van der Waals surface area contributed by atoms with Crippen molar-refractivity contribution < 1.29 is 4.74 Å². The summed E-state index contributed by atoms with van der Waals surface area (Å²) in [7, 11) is 0. The molecule has 0 fully saturated rings. The minimum Gasteiger partial charge on any atom is -0.487 e. The summed E-state index contributed by atoms with van der Waals surface area (Å²) in [6.45, 7) is 0.752. The molecule has 2 aromatic carbocycles. The first-order chi connectivity index (χ1) is 9.10. The van der Waals surface area contributed by atoms with Crippen molar-refractivity contribution in [1.29, 1.82) is 0 Å². The Bertz CT molecular complexity index is 590. The molecule has 2 nitrogen and oxygen atoms in total. The molecular weight excluding hydrogens is 349 g/mol. The number of ether oxygens (including phenoxy) is 1. The monoisotopic (exact) mass is 359 g/mol. The molecule has 0 bridgehead atoms. The van der Waals surface area contributed by atoms with Crippen LogP contribution in [0, 0.1) is 0 Å². The van der Waals surface area contributed by atoms with Crippen molar-refractivity contribution in [3.63, 3.8) is 0 Å². The normalized spacial score (nSPS) is 10.5. The van der Waals surface area contributed by atoms with Gasteiger partial charge in [0.15, 0.2) is 0 Å². The second kappa shape index (κ2) is 6.62. The molecule has 0 unspecified atom stereocenters. The Labute approximate surface area is 130 Å². The van der Waals surface area contributed by atoms with E-state index in [1.54, 1.807) is 12.1 Å². The molecule has 0 aliphatic heterocycles. The van der Waals surface area contributed by atoms with Crippen LogP contribution in [0.4, 0.5) is 0 Å². The van der Waals surface area contributed by atoms with Crippen LogP contribution in [-0.2, 0) is 13.2 Å². The molecule has 0 aliphatic carbocycles. The zero-order chi connectivity index (χ0) is 13.8. The van der Waals surface area contributed by atoms with Crippen molar-refractivity contribution in [3.8, 4) is 5.75 Å². The van der Waals surface area contributed by atoms with E-state index in [2.05, 4.69) is 15.9 Å². The Balaban J connectivity index is 2.19. The highest BCUT2D eigenvalue weighted by atomic mass is 79.9. The minimum atomic E-state index is 0.327. The quantitative estimate of drug-likeness (QED) is 0.850. The van der Waals surface area contributed by atoms with Crippen LogP contribution in [0.15, 0.2) is 40.9 Å². The van der Waals surface area contributed by atoms with Crippen LogP contribution in [0.5, 0.6) is 5.75 Å². The topological polar surface area (TPSA) is 35.2 Å². The van der Waals surface area contributed by atoms with Gasteiger partial charge in [0.25, 0.3) is 0 Å². The smallest absolute Gasteiger partial charge is 0.142 e. The molecule has 0 radical (unpaired) electrons. The molecule has 0 amide bonds. The largest absolute Gasteiger partial charge is 0.487 e. The third kappa shape index (κ3) is 3.86. The molecule has 2 N–H and O–H groups in total. The molecule has 0 saturated heterocycles. The van der Waals surface area contributed by atoms with E-state index in [4.69, 9.17) is 33.7 Å². The maximum atomic E-state index is 6.14. The van der Waals surface area contributed by atoms with Crippen molar-refractivity contribution in [1.82, 2.24) is 0 Å². The fraction of sp³-hybridized carbons (Fsp3) is 0.143. The van der Waals surface area contributed by atoms with Gasteiger partial charge in [0, 0.05) is 21.6 Å². The average molecular weight is 361 g/mol. The standard InChI is InChI=1S/C14H12BrCl2NO/c15-11-3-1-2-9(4-11)8-19-14-10(7-18)5-12(16)6-13(14)17/h1-6H,7-8,18H2. The first-order valence-electron chi connectivity index (χ1n) is 5.65. The fourth-order valence-corrected chi connectivity index (χ4v) is 2.75. The first kappa shape index (κ1) is 14.7.